The summed E-state index contributed by atoms with van der Waals surface area (Å²) in [6.45, 7) is 5.46. The number of benzene rings is 2. The third-order valence-corrected chi connectivity index (χ3v) is 8.25. The van der Waals surface area contributed by atoms with Crippen molar-refractivity contribution in [2.45, 2.75) is 65.0 Å². The number of rotatable bonds is 17. The monoisotopic (exact) mass is 631 g/mol. The predicted molar refractivity (Wildman–Crippen MR) is 162 cm³/mol. The van der Waals surface area contributed by atoms with Crippen LogP contribution in [0.15, 0.2) is 60.7 Å². The SMILES string of the molecule is CC(CS(=O)(=O)CCC(=O)O)C(=O)NC(CC(=O)OC(C)(C)C)C(=O)COC(=O)C(Cc1ccccc1)Cc1ccccc1. The van der Waals surface area contributed by atoms with Crippen LogP contribution in [0.2, 0.25) is 0 Å². The highest BCUT2D eigenvalue weighted by Gasteiger charge is 2.31. The first-order valence-electron chi connectivity index (χ1n) is 14.3. The van der Waals surface area contributed by atoms with Crippen LogP contribution >= 0.6 is 0 Å². The van der Waals surface area contributed by atoms with Crippen LogP contribution in [0.1, 0.15) is 51.7 Å². The molecule has 2 atom stereocenters. The van der Waals surface area contributed by atoms with Crippen molar-refractivity contribution in [2.24, 2.45) is 11.8 Å². The van der Waals surface area contributed by atoms with E-state index in [1.807, 2.05) is 60.7 Å². The molecule has 44 heavy (non-hydrogen) atoms. The number of esters is 2. The van der Waals surface area contributed by atoms with Gasteiger partial charge in [0, 0.05) is 5.92 Å². The molecule has 0 aliphatic heterocycles. The van der Waals surface area contributed by atoms with Crippen LogP contribution in [0.4, 0.5) is 0 Å². The van der Waals surface area contributed by atoms with Gasteiger partial charge in [0.05, 0.1) is 30.3 Å². The summed E-state index contributed by atoms with van der Waals surface area (Å²) in [6, 6.07) is 17.2. The summed E-state index contributed by atoms with van der Waals surface area (Å²) in [7, 11) is -3.89. The molecule has 0 saturated carbocycles. The van der Waals surface area contributed by atoms with Crippen molar-refractivity contribution in [1.82, 2.24) is 5.32 Å². The lowest BCUT2D eigenvalue weighted by Gasteiger charge is -2.23. The molecule has 0 spiro atoms. The fraction of sp³-hybridized carbons (Fsp3) is 0.469. The molecule has 0 saturated heterocycles. The molecule has 240 valence electrons. The van der Waals surface area contributed by atoms with Crippen LogP contribution in [0.5, 0.6) is 0 Å². The minimum atomic E-state index is -3.89. The van der Waals surface area contributed by atoms with E-state index < -0.39 is 93.9 Å². The average Bonchev–Trinajstić information content (AvgIpc) is 2.93. The van der Waals surface area contributed by atoms with Crippen molar-refractivity contribution in [3.05, 3.63) is 71.8 Å². The fourth-order valence-electron chi connectivity index (χ4n) is 4.29. The van der Waals surface area contributed by atoms with Crippen molar-refractivity contribution in [3.8, 4) is 0 Å². The highest BCUT2D eigenvalue weighted by atomic mass is 32.2. The Bertz CT molecular complexity index is 1340. The zero-order chi connectivity index (χ0) is 32.9. The highest BCUT2D eigenvalue weighted by molar-refractivity contribution is 7.91. The molecular weight excluding hydrogens is 590 g/mol. The molecule has 2 aromatic rings. The second kappa shape index (κ2) is 16.7. The molecule has 11 nitrogen and oxygen atoms in total. The summed E-state index contributed by atoms with van der Waals surface area (Å²) in [4.78, 5) is 62.7. The summed E-state index contributed by atoms with van der Waals surface area (Å²) in [6.07, 6.45) is -0.476. The van der Waals surface area contributed by atoms with Crippen molar-refractivity contribution >= 4 is 39.4 Å². The highest BCUT2D eigenvalue weighted by Crippen LogP contribution is 2.17. The number of nitrogens with one attached hydrogen (secondary N) is 1. The molecule has 0 bridgehead atoms. The van der Waals surface area contributed by atoms with Crippen LogP contribution < -0.4 is 5.32 Å². The molecule has 12 heteroatoms. The number of carbonyl (C=O) groups excluding carboxylic acids is 4. The van der Waals surface area contributed by atoms with Gasteiger partial charge in [0.2, 0.25) is 5.91 Å². The van der Waals surface area contributed by atoms with E-state index >= 15 is 0 Å². The molecule has 0 aliphatic carbocycles. The third kappa shape index (κ3) is 13.9. The third-order valence-electron chi connectivity index (χ3n) is 6.41. The average molecular weight is 632 g/mol. The van der Waals surface area contributed by atoms with Crippen LogP contribution in [-0.4, -0.2) is 72.9 Å². The number of amides is 1. The van der Waals surface area contributed by atoms with E-state index in [-0.39, 0.29) is 0 Å². The number of hydrogen-bond acceptors (Lipinski definition) is 9. The summed E-state index contributed by atoms with van der Waals surface area (Å²) in [5, 5.41) is 11.2. The van der Waals surface area contributed by atoms with Crippen molar-refractivity contribution in [1.29, 1.82) is 0 Å². The normalized spacial score (nSPS) is 13.0. The number of carboxylic acid groups (broad SMARTS) is 1. The van der Waals surface area contributed by atoms with Gasteiger partial charge in [-0.2, -0.15) is 0 Å². The number of hydrogen-bond donors (Lipinski definition) is 2. The van der Waals surface area contributed by atoms with E-state index in [9.17, 15) is 32.4 Å². The predicted octanol–water partition coefficient (Wildman–Crippen LogP) is 2.94. The lowest BCUT2D eigenvalue weighted by atomic mass is 9.92. The van der Waals surface area contributed by atoms with Gasteiger partial charge >= 0.3 is 17.9 Å². The molecule has 0 radical (unpaired) electrons. The topological polar surface area (TPSA) is 170 Å². The van der Waals surface area contributed by atoms with Crippen molar-refractivity contribution in [3.63, 3.8) is 0 Å². The number of sulfone groups is 1. The zero-order valence-electron chi connectivity index (χ0n) is 25.5. The standard InChI is InChI=1S/C32H41NO10S/c1-22(21-44(40,41)16-15-28(35)36)30(38)33-26(19-29(37)43-32(2,3)4)27(34)20-42-31(39)25(17-23-11-7-5-8-12-23)18-24-13-9-6-10-14-24/h5-14,22,25-26H,15-21H2,1-4H3,(H,33,38)(H,35,36). The van der Waals surface area contributed by atoms with Gasteiger partial charge in [-0.3, -0.25) is 24.0 Å². The molecule has 0 heterocycles. The molecule has 0 fully saturated rings. The number of carbonyl (C=O) groups is 5. The molecule has 2 aromatic carbocycles. The first kappa shape index (κ1) is 36.1. The molecule has 0 aromatic heterocycles. The van der Waals surface area contributed by atoms with Crippen LogP contribution in [0, 0.1) is 11.8 Å². The Morgan fingerprint density at radius 2 is 1.41 bits per heavy atom. The number of ether oxygens (including phenoxy) is 2. The smallest absolute Gasteiger partial charge is 0.310 e. The van der Waals surface area contributed by atoms with Gasteiger partial charge in [0.25, 0.3) is 0 Å². The summed E-state index contributed by atoms with van der Waals surface area (Å²) < 4.78 is 35.2. The minimum Gasteiger partial charge on any atom is -0.481 e. The van der Waals surface area contributed by atoms with Gasteiger partial charge in [-0.1, -0.05) is 67.6 Å². The van der Waals surface area contributed by atoms with Crippen LogP contribution in [-0.2, 0) is 56.1 Å². The van der Waals surface area contributed by atoms with Gasteiger partial charge in [0.15, 0.2) is 22.2 Å². The number of Topliss-reactive ketones (excluding diaryl/α,β-unsaturated/α-hetero) is 1. The van der Waals surface area contributed by atoms with Gasteiger partial charge < -0.3 is 19.9 Å². The maximum Gasteiger partial charge on any atom is 0.310 e. The first-order valence-corrected chi connectivity index (χ1v) is 16.1. The maximum atomic E-state index is 13.2. The second-order valence-electron chi connectivity index (χ2n) is 11.7. The quantitative estimate of drug-likeness (QED) is 0.248. The van der Waals surface area contributed by atoms with Crippen LogP contribution in [0.3, 0.4) is 0 Å². The molecule has 0 aliphatic rings. The van der Waals surface area contributed by atoms with E-state index in [0.717, 1.165) is 11.1 Å². The summed E-state index contributed by atoms with van der Waals surface area (Å²) in [5.74, 6) is -7.44. The molecule has 2 unspecified atom stereocenters. The van der Waals surface area contributed by atoms with Gasteiger partial charge in [-0.25, -0.2) is 8.42 Å². The molecule has 2 N–H and O–H groups in total. The lowest BCUT2D eigenvalue weighted by molar-refractivity contribution is -0.157. The van der Waals surface area contributed by atoms with E-state index in [1.165, 1.54) is 6.92 Å². The minimum absolute atomic E-state index is 0.356. The lowest BCUT2D eigenvalue weighted by Crippen LogP contribution is -2.47. The Labute approximate surface area is 258 Å². The summed E-state index contributed by atoms with van der Waals surface area (Å²) >= 11 is 0. The molecular formula is C32H41NO10S. The fourth-order valence-corrected chi connectivity index (χ4v) is 5.85. The number of ketones is 1. The van der Waals surface area contributed by atoms with Gasteiger partial charge in [-0.05, 0) is 44.7 Å². The molecule has 2 rings (SSSR count). The first-order chi connectivity index (χ1) is 20.5. The Morgan fingerprint density at radius 3 is 1.89 bits per heavy atom. The molecule has 1 amide bonds. The van der Waals surface area contributed by atoms with Crippen LogP contribution in [0.25, 0.3) is 0 Å². The zero-order valence-corrected chi connectivity index (χ0v) is 26.3. The number of aliphatic carboxylic acids is 1. The Hall–Kier alpha value is -4.06. The maximum absolute atomic E-state index is 13.2. The van der Waals surface area contributed by atoms with E-state index in [4.69, 9.17) is 14.6 Å². The van der Waals surface area contributed by atoms with Gasteiger partial charge in [0.1, 0.15) is 11.6 Å². The Kier molecular flexibility index (Phi) is 13.7. The second-order valence-corrected chi connectivity index (χ2v) is 13.9. The largest absolute Gasteiger partial charge is 0.481 e. The van der Waals surface area contributed by atoms with Gasteiger partial charge in [-0.15, -0.1) is 0 Å². The number of carboxylic acids is 1. The van der Waals surface area contributed by atoms with E-state index in [1.54, 1.807) is 20.8 Å². The van der Waals surface area contributed by atoms with Crippen molar-refractivity contribution in [2.75, 3.05) is 18.1 Å². The Balaban J connectivity index is 2.15. The Morgan fingerprint density at radius 1 is 0.886 bits per heavy atom. The van der Waals surface area contributed by atoms with E-state index in [0.29, 0.717) is 12.8 Å². The van der Waals surface area contributed by atoms with Crippen molar-refractivity contribution < 1.29 is 47.0 Å². The summed E-state index contributed by atoms with van der Waals surface area (Å²) in [5.41, 5.74) is 0.924. The van der Waals surface area contributed by atoms with E-state index in [2.05, 4.69) is 5.32 Å².